The number of nitrogens with one attached hydrogen (secondary N) is 1. The molecule has 170 valence electrons. The first kappa shape index (κ1) is 22.0. The molecule has 2 aliphatic rings. The number of benzene rings is 1. The minimum atomic E-state index is -0.804. The van der Waals surface area contributed by atoms with Gasteiger partial charge in [0.1, 0.15) is 18.5 Å². The molecule has 9 heteroatoms. The molecule has 0 unspecified atom stereocenters. The second-order valence-electron chi connectivity index (χ2n) is 9.18. The van der Waals surface area contributed by atoms with Crippen LogP contribution in [0.4, 0.5) is 11.6 Å². The molecule has 0 bridgehead atoms. The molecule has 4 rings (SSSR count). The highest BCUT2D eigenvalue weighted by molar-refractivity contribution is 5.92. The maximum atomic E-state index is 13.6. The second-order valence-corrected chi connectivity index (χ2v) is 9.18. The van der Waals surface area contributed by atoms with Crippen molar-refractivity contribution in [3.63, 3.8) is 0 Å². The van der Waals surface area contributed by atoms with E-state index in [1.54, 1.807) is 25.1 Å². The van der Waals surface area contributed by atoms with Gasteiger partial charge >= 0.3 is 5.97 Å². The first-order chi connectivity index (χ1) is 15.3. The van der Waals surface area contributed by atoms with Crippen LogP contribution in [0.2, 0.25) is 0 Å². The molecule has 2 aromatic rings. The van der Waals surface area contributed by atoms with E-state index in [1.807, 2.05) is 0 Å². The zero-order valence-electron chi connectivity index (χ0n) is 18.8. The number of fused-ring (bicyclic) bond motifs is 1. The maximum Gasteiger partial charge on any atom is 0.338 e. The standard InChI is InChI=1S/C23H29N5O4/c1-13(2)16-10-9-14(3)11-19(16)32-22(29)20-15(4)26-23-24-12-25-27(23)21(20)17-7-5-6-8-18(17)28(30)31/h5-8,12-14,16,19,21H,9-11H2,1-4H3,(H,24,25,26)/t14-,16-,19-,21+/m1/s1. The van der Waals surface area contributed by atoms with Crippen molar-refractivity contribution in [1.82, 2.24) is 14.8 Å². The van der Waals surface area contributed by atoms with E-state index < -0.39 is 16.9 Å². The molecule has 1 aliphatic heterocycles. The highest BCUT2D eigenvalue weighted by atomic mass is 16.6. The molecule has 0 saturated heterocycles. The number of nitrogens with zero attached hydrogens (tertiary/aromatic N) is 4. The highest BCUT2D eigenvalue weighted by Crippen LogP contribution is 2.41. The van der Waals surface area contributed by atoms with Gasteiger partial charge in [0.25, 0.3) is 5.69 Å². The van der Waals surface area contributed by atoms with Crippen molar-refractivity contribution in [1.29, 1.82) is 0 Å². The number of rotatable bonds is 5. The number of para-hydroxylation sites is 1. The Morgan fingerprint density at radius 3 is 2.78 bits per heavy atom. The molecule has 1 aliphatic carbocycles. The fourth-order valence-electron chi connectivity index (χ4n) is 4.98. The molecule has 1 aromatic carbocycles. The summed E-state index contributed by atoms with van der Waals surface area (Å²) in [6, 6.07) is 5.61. The normalized spacial score (nSPS) is 25.3. The molecule has 32 heavy (non-hydrogen) atoms. The van der Waals surface area contributed by atoms with E-state index in [-0.39, 0.29) is 11.8 Å². The predicted molar refractivity (Wildman–Crippen MR) is 119 cm³/mol. The summed E-state index contributed by atoms with van der Waals surface area (Å²) >= 11 is 0. The molecule has 1 saturated carbocycles. The van der Waals surface area contributed by atoms with E-state index in [1.165, 1.54) is 17.1 Å². The summed E-state index contributed by atoms with van der Waals surface area (Å²) in [5.41, 5.74) is 1.17. The van der Waals surface area contributed by atoms with Gasteiger partial charge in [-0.05, 0) is 43.6 Å². The molecular weight excluding hydrogens is 410 g/mol. The zero-order chi connectivity index (χ0) is 23.0. The average Bonchev–Trinajstić information content (AvgIpc) is 3.20. The van der Waals surface area contributed by atoms with Crippen LogP contribution in [0.1, 0.15) is 58.6 Å². The predicted octanol–water partition coefficient (Wildman–Crippen LogP) is 4.48. The van der Waals surface area contributed by atoms with Gasteiger partial charge in [0.05, 0.1) is 16.1 Å². The van der Waals surface area contributed by atoms with Crippen LogP contribution in [0.5, 0.6) is 0 Å². The topological polar surface area (TPSA) is 112 Å². The van der Waals surface area contributed by atoms with Gasteiger partial charge in [-0.1, -0.05) is 39.3 Å². The molecule has 0 radical (unpaired) electrons. The number of anilines is 1. The molecule has 0 spiro atoms. The third-order valence-electron chi connectivity index (χ3n) is 6.66. The Kier molecular flexibility index (Phi) is 5.99. The largest absolute Gasteiger partial charge is 0.459 e. The Balaban J connectivity index is 1.74. The SMILES string of the molecule is CC1=C(C(=O)O[C@@H]2C[C@H](C)CC[C@@H]2C(C)C)[C@H](c2ccccc2[N+](=O)[O-])n2ncnc2N1. The van der Waals surface area contributed by atoms with Crippen LogP contribution >= 0.6 is 0 Å². The van der Waals surface area contributed by atoms with Crippen molar-refractivity contribution in [3.8, 4) is 0 Å². The number of esters is 1. The average molecular weight is 440 g/mol. The van der Waals surface area contributed by atoms with Crippen LogP contribution in [0.15, 0.2) is 41.9 Å². The quantitative estimate of drug-likeness (QED) is 0.415. The first-order valence-electron chi connectivity index (χ1n) is 11.1. The van der Waals surface area contributed by atoms with Gasteiger partial charge in [-0.3, -0.25) is 10.1 Å². The van der Waals surface area contributed by atoms with E-state index in [2.05, 4.69) is 36.2 Å². The Labute approximate surface area is 187 Å². The summed E-state index contributed by atoms with van der Waals surface area (Å²) < 4.78 is 7.63. The number of nitro groups is 1. The van der Waals surface area contributed by atoms with Gasteiger partial charge in [-0.15, -0.1) is 0 Å². The Morgan fingerprint density at radius 2 is 2.06 bits per heavy atom. The monoisotopic (exact) mass is 439 g/mol. The minimum Gasteiger partial charge on any atom is -0.459 e. The fourth-order valence-corrected chi connectivity index (χ4v) is 4.98. The number of hydrogen-bond acceptors (Lipinski definition) is 7. The van der Waals surface area contributed by atoms with E-state index in [9.17, 15) is 14.9 Å². The van der Waals surface area contributed by atoms with Gasteiger partial charge in [0.2, 0.25) is 5.95 Å². The van der Waals surface area contributed by atoms with Crippen molar-refractivity contribution >= 4 is 17.6 Å². The van der Waals surface area contributed by atoms with Crippen molar-refractivity contribution in [2.24, 2.45) is 17.8 Å². The molecular formula is C23H29N5O4. The summed E-state index contributed by atoms with van der Waals surface area (Å²) in [5, 5.41) is 19.1. The van der Waals surface area contributed by atoms with Crippen molar-refractivity contribution in [2.75, 3.05) is 5.32 Å². The smallest absolute Gasteiger partial charge is 0.338 e. The molecule has 1 aromatic heterocycles. The summed E-state index contributed by atoms with van der Waals surface area (Å²) in [4.78, 5) is 29.1. The fraction of sp³-hybridized carbons (Fsp3) is 0.522. The number of nitro benzene ring substituents is 1. The minimum absolute atomic E-state index is 0.0784. The van der Waals surface area contributed by atoms with E-state index >= 15 is 0 Å². The number of hydrogen-bond donors (Lipinski definition) is 1. The summed E-state index contributed by atoms with van der Waals surface area (Å²) in [5.74, 6) is 1.12. The third kappa shape index (κ3) is 3.99. The van der Waals surface area contributed by atoms with Crippen LogP contribution < -0.4 is 5.32 Å². The zero-order valence-corrected chi connectivity index (χ0v) is 18.8. The highest BCUT2D eigenvalue weighted by Gasteiger charge is 2.40. The van der Waals surface area contributed by atoms with Gasteiger partial charge < -0.3 is 10.1 Å². The van der Waals surface area contributed by atoms with Crippen LogP contribution in [-0.2, 0) is 9.53 Å². The lowest BCUT2D eigenvalue weighted by molar-refractivity contribution is -0.385. The van der Waals surface area contributed by atoms with Crippen molar-refractivity contribution < 1.29 is 14.5 Å². The van der Waals surface area contributed by atoms with Crippen molar-refractivity contribution in [3.05, 3.63) is 57.5 Å². The lowest BCUT2D eigenvalue weighted by atomic mass is 9.75. The Morgan fingerprint density at radius 1 is 1.31 bits per heavy atom. The number of ether oxygens (including phenoxy) is 1. The first-order valence-corrected chi connectivity index (χ1v) is 11.1. The Hall–Kier alpha value is -3.23. The van der Waals surface area contributed by atoms with Crippen LogP contribution in [0.25, 0.3) is 0 Å². The molecule has 0 amide bonds. The molecule has 1 fully saturated rings. The lowest BCUT2D eigenvalue weighted by Crippen LogP contribution is -2.38. The van der Waals surface area contributed by atoms with E-state index in [0.29, 0.717) is 40.5 Å². The summed E-state index contributed by atoms with van der Waals surface area (Å²) in [6.45, 7) is 8.26. The van der Waals surface area contributed by atoms with Gasteiger partial charge in [-0.25, -0.2) is 9.48 Å². The van der Waals surface area contributed by atoms with Gasteiger partial charge in [0.15, 0.2) is 0 Å². The number of carbonyl (C=O) groups excluding carboxylic acids is 1. The molecule has 9 nitrogen and oxygen atoms in total. The second kappa shape index (κ2) is 8.72. The molecule has 2 heterocycles. The van der Waals surface area contributed by atoms with Gasteiger partial charge in [0, 0.05) is 11.8 Å². The van der Waals surface area contributed by atoms with E-state index in [4.69, 9.17) is 4.74 Å². The Bertz CT molecular complexity index is 1060. The molecule has 1 N–H and O–H groups in total. The molecule has 4 atom stereocenters. The lowest BCUT2D eigenvalue weighted by Gasteiger charge is -2.37. The number of carbonyl (C=O) groups is 1. The van der Waals surface area contributed by atoms with Crippen LogP contribution in [0, 0.1) is 27.9 Å². The number of allylic oxidation sites excluding steroid dienone is 1. The van der Waals surface area contributed by atoms with Crippen LogP contribution in [0.3, 0.4) is 0 Å². The van der Waals surface area contributed by atoms with E-state index in [0.717, 1.165) is 19.3 Å². The van der Waals surface area contributed by atoms with Gasteiger partial charge in [-0.2, -0.15) is 10.1 Å². The maximum absolute atomic E-state index is 13.6. The summed E-state index contributed by atoms with van der Waals surface area (Å²) in [7, 11) is 0. The number of aromatic nitrogens is 3. The summed E-state index contributed by atoms with van der Waals surface area (Å²) in [6.07, 6.45) is 4.15. The van der Waals surface area contributed by atoms with Crippen LogP contribution in [-0.4, -0.2) is 31.8 Å². The van der Waals surface area contributed by atoms with Crippen molar-refractivity contribution in [2.45, 2.75) is 59.1 Å². The third-order valence-corrected chi connectivity index (χ3v) is 6.66.